The summed E-state index contributed by atoms with van der Waals surface area (Å²) >= 11 is 0. The molecule has 2 aromatic rings. The van der Waals surface area contributed by atoms with Gasteiger partial charge in [0.05, 0.1) is 11.6 Å². The molecule has 4 heteroatoms. The van der Waals surface area contributed by atoms with Gasteiger partial charge in [-0.25, -0.2) is 4.39 Å². The zero-order valence-electron chi connectivity index (χ0n) is 12.9. The average molecular weight is 307 g/mol. The van der Waals surface area contributed by atoms with Crippen molar-refractivity contribution in [2.45, 2.75) is 6.17 Å². The fourth-order valence-electron chi connectivity index (χ4n) is 2.75. The number of allylic oxidation sites excluding steroid dienone is 1. The summed E-state index contributed by atoms with van der Waals surface area (Å²) < 4.78 is 14.3. The molecule has 2 N–H and O–H groups in total. The zero-order valence-corrected chi connectivity index (χ0v) is 12.9. The van der Waals surface area contributed by atoms with Crippen molar-refractivity contribution >= 4 is 17.5 Å². The molecule has 0 saturated heterocycles. The highest BCUT2D eigenvalue weighted by atomic mass is 19.1. The zero-order chi connectivity index (χ0) is 16.2. The molecule has 0 saturated carbocycles. The van der Waals surface area contributed by atoms with E-state index in [2.05, 4.69) is 9.98 Å². The van der Waals surface area contributed by atoms with Crippen molar-refractivity contribution in [1.82, 2.24) is 0 Å². The third-order valence-electron chi connectivity index (χ3n) is 3.87. The van der Waals surface area contributed by atoms with E-state index in [-0.39, 0.29) is 11.7 Å². The molecule has 0 aliphatic carbocycles. The van der Waals surface area contributed by atoms with Gasteiger partial charge >= 0.3 is 0 Å². The molecule has 3 nitrogen and oxygen atoms in total. The van der Waals surface area contributed by atoms with Gasteiger partial charge in [0, 0.05) is 18.8 Å². The minimum absolute atomic E-state index is 0.246. The lowest BCUT2D eigenvalue weighted by molar-refractivity contribution is 0.612. The van der Waals surface area contributed by atoms with Gasteiger partial charge in [-0.1, -0.05) is 48.5 Å². The Morgan fingerprint density at radius 1 is 1.09 bits per heavy atom. The third-order valence-corrected chi connectivity index (χ3v) is 3.87. The van der Waals surface area contributed by atoms with Crippen LogP contribution in [-0.2, 0) is 0 Å². The van der Waals surface area contributed by atoms with Crippen molar-refractivity contribution in [2.24, 2.45) is 21.6 Å². The quantitative estimate of drug-likeness (QED) is 0.869. The van der Waals surface area contributed by atoms with Gasteiger partial charge in [0.15, 0.2) is 0 Å². The van der Waals surface area contributed by atoms with Gasteiger partial charge in [-0.2, -0.15) is 0 Å². The lowest BCUT2D eigenvalue weighted by Gasteiger charge is -2.26. The van der Waals surface area contributed by atoms with Crippen LogP contribution in [0.1, 0.15) is 11.1 Å². The van der Waals surface area contributed by atoms with Crippen molar-refractivity contribution < 1.29 is 4.39 Å². The predicted molar refractivity (Wildman–Crippen MR) is 93.2 cm³/mol. The van der Waals surface area contributed by atoms with Gasteiger partial charge in [0.2, 0.25) is 0 Å². The summed E-state index contributed by atoms with van der Waals surface area (Å²) in [5.41, 5.74) is 9.29. The summed E-state index contributed by atoms with van der Waals surface area (Å²) in [6.45, 7) is 0. The van der Waals surface area contributed by atoms with Crippen molar-refractivity contribution in [2.75, 3.05) is 7.05 Å². The minimum atomic E-state index is -0.492. The van der Waals surface area contributed by atoms with Crippen LogP contribution in [0.4, 0.5) is 4.39 Å². The van der Waals surface area contributed by atoms with E-state index in [0.29, 0.717) is 5.56 Å². The summed E-state index contributed by atoms with van der Waals surface area (Å²) in [4.78, 5) is 8.64. The van der Waals surface area contributed by atoms with E-state index in [1.807, 2.05) is 42.5 Å². The molecule has 1 heterocycles. The second-order valence-electron chi connectivity index (χ2n) is 5.38. The highest BCUT2D eigenvalue weighted by Crippen LogP contribution is 2.31. The SMILES string of the molecule is CN=CC1C(c2ccccc2F)=CC(c2ccccc2)=NC1N. The lowest BCUT2D eigenvalue weighted by atomic mass is 9.86. The van der Waals surface area contributed by atoms with Crippen LogP contribution < -0.4 is 5.73 Å². The normalized spacial score (nSPS) is 21.2. The van der Waals surface area contributed by atoms with Crippen molar-refractivity contribution in [1.29, 1.82) is 0 Å². The Morgan fingerprint density at radius 2 is 1.78 bits per heavy atom. The molecule has 2 atom stereocenters. The van der Waals surface area contributed by atoms with Gasteiger partial charge < -0.3 is 10.7 Å². The van der Waals surface area contributed by atoms with E-state index >= 15 is 0 Å². The number of nitrogens with two attached hydrogens (primary N) is 1. The monoisotopic (exact) mass is 307 g/mol. The van der Waals surface area contributed by atoms with Crippen LogP contribution >= 0.6 is 0 Å². The van der Waals surface area contributed by atoms with Crippen molar-refractivity contribution in [3.05, 3.63) is 77.6 Å². The summed E-state index contributed by atoms with van der Waals surface area (Å²) in [5.74, 6) is -0.515. The number of hydrogen-bond acceptors (Lipinski definition) is 3. The summed E-state index contributed by atoms with van der Waals surface area (Å²) in [5, 5.41) is 0. The van der Waals surface area contributed by atoms with Crippen molar-refractivity contribution in [3.63, 3.8) is 0 Å². The van der Waals surface area contributed by atoms with Crippen LogP contribution in [0.5, 0.6) is 0 Å². The first kappa shape index (κ1) is 15.3. The molecule has 0 amide bonds. The molecule has 1 aliphatic heterocycles. The van der Waals surface area contributed by atoms with Crippen LogP contribution in [0.15, 0.2) is 70.7 Å². The molecule has 0 spiro atoms. The topological polar surface area (TPSA) is 50.7 Å². The van der Waals surface area contributed by atoms with Gasteiger partial charge in [0.1, 0.15) is 12.0 Å². The maximum atomic E-state index is 14.3. The van der Waals surface area contributed by atoms with E-state index in [0.717, 1.165) is 16.8 Å². The van der Waals surface area contributed by atoms with Gasteiger partial charge in [-0.05, 0) is 23.3 Å². The molecular weight excluding hydrogens is 289 g/mol. The minimum Gasteiger partial charge on any atom is -0.309 e. The Labute approximate surface area is 135 Å². The highest BCUT2D eigenvalue weighted by molar-refractivity contribution is 6.14. The van der Waals surface area contributed by atoms with E-state index in [4.69, 9.17) is 5.73 Å². The van der Waals surface area contributed by atoms with Crippen LogP contribution in [0.3, 0.4) is 0 Å². The Bertz CT molecular complexity index is 778. The van der Waals surface area contributed by atoms with Crippen LogP contribution in [-0.4, -0.2) is 25.1 Å². The van der Waals surface area contributed by atoms with Crippen LogP contribution in [0.25, 0.3) is 5.57 Å². The Hall–Kier alpha value is -2.59. The molecule has 0 bridgehead atoms. The highest BCUT2D eigenvalue weighted by Gasteiger charge is 2.27. The number of halogens is 1. The largest absolute Gasteiger partial charge is 0.309 e. The molecule has 0 radical (unpaired) electrons. The summed E-state index contributed by atoms with van der Waals surface area (Å²) in [6, 6.07) is 16.5. The molecule has 0 aromatic heterocycles. The molecular formula is C19H18FN3. The second-order valence-corrected chi connectivity index (χ2v) is 5.38. The Kier molecular flexibility index (Phi) is 4.44. The first-order valence-electron chi connectivity index (χ1n) is 7.48. The van der Waals surface area contributed by atoms with Crippen molar-refractivity contribution in [3.8, 4) is 0 Å². The first-order valence-corrected chi connectivity index (χ1v) is 7.48. The smallest absolute Gasteiger partial charge is 0.130 e. The van der Waals surface area contributed by atoms with Crippen LogP contribution in [0.2, 0.25) is 0 Å². The Morgan fingerprint density at radius 3 is 2.48 bits per heavy atom. The molecule has 1 aliphatic rings. The standard InChI is InChI=1S/C19H18FN3/c1-22-12-16-15(14-9-5-6-10-17(14)20)11-18(23-19(16)21)13-7-3-2-4-8-13/h2-12,16,19H,21H2,1H3. The molecule has 3 rings (SSSR count). The molecule has 2 aromatic carbocycles. The molecule has 2 unspecified atom stereocenters. The maximum Gasteiger partial charge on any atom is 0.130 e. The summed E-state index contributed by atoms with van der Waals surface area (Å²) in [6.07, 6.45) is 3.14. The molecule has 116 valence electrons. The number of benzene rings is 2. The fourth-order valence-corrected chi connectivity index (χ4v) is 2.75. The molecule has 0 fully saturated rings. The Balaban J connectivity index is 2.13. The van der Waals surface area contributed by atoms with Gasteiger partial charge in [-0.3, -0.25) is 4.99 Å². The number of rotatable bonds is 3. The second kappa shape index (κ2) is 6.67. The number of aliphatic imine (C=N–C) groups is 2. The van der Waals surface area contributed by atoms with Gasteiger partial charge in [-0.15, -0.1) is 0 Å². The average Bonchev–Trinajstić information content (AvgIpc) is 2.58. The van der Waals surface area contributed by atoms with E-state index in [1.165, 1.54) is 6.07 Å². The summed E-state index contributed by atoms with van der Waals surface area (Å²) in [7, 11) is 1.68. The fraction of sp³-hybridized carbons (Fsp3) is 0.158. The van der Waals surface area contributed by atoms with Crippen LogP contribution in [0, 0.1) is 11.7 Å². The maximum absolute atomic E-state index is 14.3. The lowest BCUT2D eigenvalue weighted by Crippen LogP contribution is -2.34. The number of nitrogens with zero attached hydrogens (tertiary/aromatic N) is 2. The van der Waals surface area contributed by atoms with E-state index in [9.17, 15) is 4.39 Å². The molecule has 23 heavy (non-hydrogen) atoms. The number of hydrogen-bond donors (Lipinski definition) is 1. The number of dihydropyridines is 1. The third kappa shape index (κ3) is 3.12. The first-order chi connectivity index (χ1) is 11.2. The van der Waals surface area contributed by atoms with E-state index in [1.54, 1.807) is 25.4 Å². The van der Waals surface area contributed by atoms with E-state index < -0.39 is 6.17 Å². The van der Waals surface area contributed by atoms with Gasteiger partial charge in [0.25, 0.3) is 0 Å². The predicted octanol–water partition coefficient (Wildman–Crippen LogP) is 3.31.